The summed E-state index contributed by atoms with van der Waals surface area (Å²) in [5, 5.41) is 1.15. The normalized spacial score (nSPS) is 12.5. The summed E-state index contributed by atoms with van der Waals surface area (Å²) in [6.07, 6.45) is 1.82. The molecule has 0 aliphatic heterocycles. The molecule has 2 nitrogen and oxygen atoms in total. The average molecular weight is 294 g/mol. The molecule has 1 aromatic heterocycles. The second kappa shape index (κ2) is 6.29. The molecule has 0 aliphatic carbocycles. The molecule has 3 heteroatoms. The van der Waals surface area contributed by atoms with Crippen molar-refractivity contribution in [1.82, 2.24) is 4.98 Å². The van der Waals surface area contributed by atoms with E-state index >= 15 is 0 Å². The second-order valence-electron chi connectivity index (χ2n) is 5.10. The molecule has 21 heavy (non-hydrogen) atoms. The van der Waals surface area contributed by atoms with E-state index in [1.807, 2.05) is 36.2 Å². The van der Waals surface area contributed by atoms with Crippen molar-refractivity contribution in [3.63, 3.8) is 0 Å². The van der Waals surface area contributed by atoms with Gasteiger partial charge in [-0.15, -0.1) is 11.8 Å². The Morgan fingerprint density at radius 3 is 2.76 bits per heavy atom. The molecule has 0 amide bonds. The lowest BCUT2D eigenvalue weighted by atomic mass is 10.0. The van der Waals surface area contributed by atoms with E-state index in [1.54, 1.807) is 0 Å². The molecule has 3 aromatic rings. The third-order valence-corrected chi connectivity index (χ3v) is 4.89. The molecule has 3 rings (SSSR count). The fourth-order valence-corrected chi connectivity index (χ4v) is 3.45. The van der Waals surface area contributed by atoms with E-state index in [-0.39, 0.29) is 6.04 Å². The zero-order chi connectivity index (χ0) is 14.7. The maximum atomic E-state index is 6.41. The van der Waals surface area contributed by atoms with Gasteiger partial charge in [0.2, 0.25) is 0 Å². The summed E-state index contributed by atoms with van der Waals surface area (Å²) >= 11 is 1.81. The van der Waals surface area contributed by atoms with Crippen LogP contribution in [0.3, 0.4) is 0 Å². The number of nitrogens with zero attached hydrogens (tertiary/aromatic N) is 1. The molecule has 0 bridgehead atoms. The van der Waals surface area contributed by atoms with Crippen LogP contribution in [0.2, 0.25) is 0 Å². The lowest BCUT2D eigenvalue weighted by molar-refractivity contribution is 0.839. The molecule has 2 N–H and O–H groups in total. The second-order valence-corrected chi connectivity index (χ2v) is 6.16. The molecule has 0 radical (unpaired) electrons. The Morgan fingerprint density at radius 2 is 1.90 bits per heavy atom. The van der Waals surface area contributed by atoms with E-state index in [0.717, 1.165) is 16.7 Å². The molecule has 2 aromatic carbocycles. The number of benzene rings is 2. The van der Waals surface area contributed by atoms with Crippen molar-refractivity contribution in [3.8, 4) is 0 Å². The summed E-state index contributed by atoms with van der Waals surface area (Å²) in [5.74, 6) is 0.860. The first-order valence-corrected chi connectivity index (χ1v) is 8.02. The van der Waals surface area contributed by atoms with Crippen molar-refractivity contribution in [2.75, 3.05) is 5.75 Å². The van der Waals surface area contributed by atoms with Gasteiger partial charge in [-0.2, -0.15) is 0 Å². The fraction of sp³-hybridized carbons (Fsp3) is 0.167. The summed E-state index contributed by atoms with van der Waals surface area (Å²) in [5.41, 5.74) is 9.88. The predicted octanol–water partition coefficient (Wildman–Crippen LogP) is 4.34. The summed E-state index contributed by atoms with van der Waals surface area (Å²) in [6, 6.07) is 18.6. The van der Waals surface area contributed by atoms with Crippen LogP contribution in [-0.4, -0.2) is 10.7 Å². The van der Waals surface area contributed by atoms with Crippen molar-refractivity contribution >= 4 is 22.7 Å². The van der Waals surface area contributed by atoms with Crippen molar-refractivity contribution in [1.29, 1.82) is 0 Å². The van der Waals surface area contributed by atoms with Gasteiger partial charge in [-0.3, -0.25) is 4.98 Å². The molecular formula is C18H18N2S. The first-order chi connectivity index (χ1) is 10.3. The molecular weight excluding hydrogens is 276 g/mol. The number of aromatic nitrogens is 1. The molecule has 1 unspecified atom stereocenters. The Bertz CT molecular complexity index is 750. The van der Waals surface area contributed by atoms with Crippen LogP contribution in [0.15, 0.2) is 65.7 Å². The van der Waals surface area contributed by atoms with Crippen molar-refractivity contribution in [2.45, 2.75) is 17.9 Å². The van der Waals surface area contributed by atoms with Crippen LogP contribution in [0.5, 0.6) is 0 Å². The van der Waals surface area contributed by atoms with Gasteiger partial charge in [0.25, 0.3) is 0 Å². The van der Waals surface area contributed by atoms with Gasteiger partial charge >= 0.3 is 0 Å². The zero-order valence-electron chi connectivity index (χ0n) is 12.0. The van der Waals surface area contributed by atoms with Crippen LogP contribution in [0.4, 0.5) is 0 Å². The van der Waals surface area contributed by atoms with Crippen LogP contribution in [0.1, 0.15) is 17.2 Å². The SMILES string of the molecule is Cc1ccccc1SCC(N)c1cccc2ncccc12. The highest BCUT2D eigenvalue weighted by Crippen LogP contribution is 2.28. The first-order valence-electron chi connectivity index (χ1n) is 7.03. The van der Waals surface area contributed by atoms with Crippen LogP contribution in [0.25, 0.3) is 10.9 Å². The fourth-order valence-electron chi connectivity index (χ4n) is 2.44. The minimum Gasteiger partial charge on any atom is -0.323 e. The number of thioether (sulfide) groups is 1. The minimum absolute atomic E-state index is 0.00232. The maximum Gasteiger partial charge on any atom is 0.0705 e. The summed E-state index contributed by atoms with van der Waals surface area (Å²) in [4.78, 5) is 5.69. The molecule has 106 valence electrons. The highest BCUT2D eigenvalue weighted by atomic mass is 32.2. The molecule has 0 spiro atoms. The molecule has 0 saturated carbocycles. The average Bonchev–Trinajstić information content (AvgIpc) is 2.53. The van der Waals surface area contributed by atoms with Gasteiger partial charge in [0.15, 0.2) is 0 Å². The van der Waals surface area contributed by atoms with E-state index < -0.39 is 0 Å². The Hall–Kier alpha value is -1.84. The summed E-state index contributed by atoms with van der Waals surface area (Å²) < 4.78 is 0. The smallest absolute Gasteiger partial charge is 0.0705 e. The number of hydrogen-bond donors (Lipinski definition) is 1. The van der Waals surface area contributed by atoms with Gasteiger partial charge in [-0.1, -0.05) is 36.4 Å². The highest BCUT2D eigenvalue weighted by molar-refractivity contribution is 7.99. The van der Waals surface area contributed by atoms with E-state index in [4.69, 9.17) is 5.73 Å². The van der Waals surface area contributed by atoms with Gasteiger partial charge in [0, 0.05) is 28.3 Å². The van der Waals surface area contributed by atoms with Crippen LogP contribution < -0.4 is 5.73 Å². The predicted molar refractivity (Wildman–Crippen MR) is 90.6 cm³/mol. The monoisotopic (exact) mass is 294 g/mol. The molecule has 1 heterocycles. The highest BCUT2D eigenvalue weighted by Gasteiger charge is 2.11. The van der Waals surface area contributed by atoms with Gasteiger partial charge in [0.1, 0.15) is 0 Å². The van der Waals surface area contributed by atoms with Crippen molar-refractivity contribution in [3.05, 3.63) is 71.9 Å². The largest absolute Gasteiger partial charge is 0.323 e. The quantitative estimate of drug-likeness (QED) is 0.728. The minimum atomic E-state index is 0.00232. The lowest BCUT2D eigenvalue weighted by Gasteiger charge is -2.15. The molecule has 0 fully saturated rings. The van der Waals surface area contributed by atoms with Crippen molar-refractivity contribution < 1.29 is 0 Å². The van der Waals surface area contributed by atoms with Crippen molar-refractivity contribution in [2.24, 2.45) is 5.73 Å². The lowest BCUT2D eigenvalue weighted by Crippen LogP contribution is -2.13. The van der Waals surface area contributed by atoms with Gasteiger partial charge in [-0.25, -0.2) is 0 Å². The Morgan fingerprint density at radius 1 is 1.05 bits per heavy atom. The number of pyridine rings is 1. The van der Waals surface area contributed by atoms with E-state index in [1.165, 1.54) is 16.0 Å². The van der Waals surface area contributed by atoms with E-state index in [9.17, 15) is 0 Å². The number of hydrogen-bond acceptors (Lipinski definition) is 3. The molecule has 1 atom stereocenters. The van der Waals surface area contributed by atoms with Gasteiger partial charge < -0.3 is 5.73 Å². The number of aryl methyl sites for hydroxylation is 1. The summed E-state index contributed by atoms with van der Waals surface area (Å²) in [7, 11) is 0. The Balaban J connectivity index is 1.81. The molecule has 0 aliphatic rings. The Labute approximate surface area is 129 Å². The van der Waals surface area contributed by atoms with E-state index in [0.29, 0.717) is 0 Å². The standard InChI is InChI=1S/C18H18N2S/c1-13-6-2-3-10-18(13)21-12-16(19)14-7-4-9-17-15(14)8-5-11-20-17/h2-11,16H,12,19H2,1H3. The molecule has 0 saturated heterocycles. The third-order valence-electron chi connectivity index (χ3n) is 3.59. The van der Waals surface area contributed by atoms with Gasteiger partial charge in [0.05, 0.1) is 5.52 Å². The third kappa shape index (κ3) is 3.09. The zero-order valence-corrected chi connectivity index (χ0v) is 12.8. The topological polar surface area (TPSA) is 38.9 Å². The summed E-state index contributed by atoms with van der Waals surface area (Å²) in [6.45, 7) is 2.13. The van der Waals surface area contributed by atoms with Crippen LogP contribution >= 0.6 is 11.8 Å². The number of rotatable bonds is 4. The number of nitrogens with two attached hydrogens (primary N) is 1. The maximum absolute atomic E-state index is 6.41. The first kappa shape index (κ1) is 14.1. The van der Waals surface area contributed by atoms with Crippen LogP contribution in [0, 0.1) is 6.92 Å². The van der Waals surface area contributed by atoms with Gasteiger partial charge in [-0.05, 0) is 36.2 Å². The Kier molecular flexibility index (Phi) is 4.23. The van der Waals surface area contributed by atoms with E-state index in [2.05, 4.69) is 48.3 Å². The van der Waals surface area contributed by atoms with Crippen LogP contribution in [-0.2, 0) is 0 Å². The number of fused-ring (bicyclic) bond motifs is 1.